The number of benzene rings is 1. The number of nitrogens with zero attached hydrogens (tertiary/aromatic N) is 2. The molecule has 0 unspecified atom stereocenters. The van der Waals surface area contributed by atoms with Crippen molar-refractivity contribution in [3.05, 3.63) is 46.6 Å². The fraction of sp³-hybridized carbons (Fsp3) is 0.353. The van der Waals surface area contributed by atoms with Gasteiger partial charge in [-0.2, -0.15) is 13.2 Å². The summed E-state index contributed by atoms with van der Waals surface area (Å²) in [7, 11) is 0. The zero-order valence-electron chi connectivity index (χ0n) is 14.2. The maximum Gasteiger partial charge on any atom is 0.418 e. The molecule has 0 atom stereocenters. The van der Waals surface area contributed by atoms with Crippen LogP contribution in [0, 0.1) is 5.92 Å². The molecule has 0 aliphatic heterocycles. The molecule has 2 aromatic rings. The Hall–Kier alpha value is -2.35. The van der Waals surface area contributed by atoms with Gasteiger partial charge in [0.2, 0.25) is 0 Å². The minimum atomic E-state index is -4.65. The van der Waals surface area contributed by atoms with Crippen molar-refractivity contribution in [2.75, 3.05) is 17.2 Å². The summed E-state index contributed by atoms with van der Waals surface area (Å²) in [6.07, 6.45) is -3.70. The van der Waals surface area contributed by atoms with Gasteiger partial charge in [0.25, 0.3) is 5.91 Å². The van der Waals surface area contributed by atoms with Crippen LogP contribution in [0.1, 0.15) is 36.3 Å². The molecular weight excluding hydrogens is 369 g/mol. The highest BCUT2D eigenvalue weighted by molar-refractivity contribution is 6.30. The third kappa shape index (κ3) is 5.59. The largest absolute Gasteiger partial charge is 0.418 e. The molecule has 0 spiro atoms. The van der Waals surface area contributed by atoms with Gasteiger partial charge >= 0.3 is 6.18 Å². The lowest BCUT2D eigenvalue weighted by atomic mass is 10.1. The molecule has 9 heteroatoms. The fourth-order valence-electron chi connectivity index (χ4n) is 2.08. The molecule has 0 radical (unpaired) electrons. The summed E-state index contributed by atoms with van der Waals surface area (Å²) in [6.45, 7) is 4.89. The molecule has 140 valence electrons. The van der Waals surface area contributed by atoms with Gasteiger partial charge in [0, 0.05) is 11.6 Å². The molecule has 0 saturated heterocycles. The standard InChI is InChI=1S/C17H18ClF3N4O/c1-10(2)7-8-22-15-6-5-14(24-25-15)16(26)23-13-4-3-11(18)9-12(13)17(19,20)21/h3-6,9-10H,7-8H2,1-2H3,(H,22,25)(H,23,26). The Bertz CT molecular complexity index is 764. The fourth-order valence-corrected chi connectivity index (χ4v) is 2.26. The Morgan fingerprint density at radius 1 is 1.19 bits per heavy atom. The van der Waals surface area contributed by atoms with Crippen LogP contribution in [-0.4, -0.2) is 22.6 Å². The van der Waals surface area contributed by atoms with Gasteiger partial charge < -0.3 is 10.6 Å². The Balaban J connectivity index is 2.09. The molecular formula is C17H18ClF3N4O. The number of hydrogen-bond acceptors (Lipinski definition) is 4. The highest BCUT2D eigenvalue weighted by Crippen LogP contribution is 2.36. The summed E-state index contributed by atoms with van der Waals surface area (Å²) < 4.78 is 39.2. The topological polar surface area (TPSA) is 66.9 Å². The van der Waals surface area contributed by atoms with Gasteiger partial charge in [-0.25, -0.2) is 0 Å². The van der Waals surface area contributed by atoms with Crippen molar-refractivity contribution in [1.82, 2.24) is 10.2 Å². The summed E-state index contributed by atoms with van der Waals surface area (Å²) >= 11 is 5.61. The minimum absolute atomic E-state index is 0.0769. The van der Waals surface area contributed by atoms with E-state index in [0.29, 0.717) is 18.3 Å². The highest BCUT2D eigenvalue weighted by Gasteiger charge is 2.34. The third-order valence-corrected chi connectivity index (χ3v) is 3.70. The monoisotopic (exact) mass is 386 g/mol. The van der Waals surface area contributed by atoms with Gasteiger partial charge in [-0.05, 0) is 42.7 Å². The van der Waals surface area contributed by atoms with E-state index in [1.807, 2.05) is 0 Å². The van der Waals surface area contributed by atoms with Gasteiger partial charge in [0.05, 0.1) is 11.3 Å². The van der Waals surface area contributed by atoms with E-state index in [-0.39, 0.29) is 10.7 Å². The Labute approximate surface area is 154 Å². The maximum absolute atomic E-state index is 13.1. The van der Waals surface area contributed by atoms with Crippen LogP contribution in [0.3, 0.4) is 0 Å². The third-order valence-electron chi connectivity index (χ3n) is 3.46. The van der Waals surface area contributed by atoms with Crippen LogP contribution in [0.2, 0.25) is 5.02 Å². The molecule has 0 bridgehead atoms. The van der Waals surface area contributed by atoms with Crippen LogP contribution >= 0.6 is 11.6 Å². The molecule has 0 aliphatic rings. The van der Waals surface area contributed by atoms with Crippen LogP contribution in [0.5, 0.6) is 0 Å². The zero-order chi connectivity index (χ0) is 19.3. The summed E-state index contributed by atoms with van der Waals surface area (Å²) in [5.74, 6) is 0.228. The number of amides is 1. The first-order chi connectivity index (χ1) is 12.2. The van der Waals surface area contributed by atoms with Crippen molar-refractivity contribution >= 4 is 29.0 Å². The summed E-state index contributed by atoms with van der Waals surface area (Å²) in [5.41, 5.74) is -1.52. The van der Waals surface area contributed by atoms with Crippen LogP contribution in [-0.2, 0) is 6.18 Å². The van der Waals surface area contributed by atoms with Crippen LogP contribution < -0.4 is 10.6 Å². The second kappa shape index (κ2) is 8.35. The quantitative estimate of drug-likeness (QED) is 0.744. The molecule has 0 fully saturated rings. The Morgan fingerprint density at radius 3 is 2.50 bits per heavy atom. The lowest BCUT2D eigenvalue weighted by molar-refractivity contribution is -0.136. The van der Waals surface area contributed by atoms with Crippen molar-refractivity contribution in [2.45, 2.75) is 26.4 Å². The SMILES string of the molecule is CC(C)CCNc1ccc(C(=O)Nc2ccc(Cl)cc2C(F)(F)F)nn1. The Morgan fingerprint density at radius 2 is 1.92 bits per heavy atom. The second-order valence-electron chi connectivity index (χ2n) is 6.05. The smallest absolute Gasteiger partial charge is 0.369 e. The zero-order valence-corrected chi connectivity index (χ0v) is 14.9. The molecule has 1 aromatic heterocycles. The highest BCUT2D eigenvalue weighted by atomic mass is 35.5. The van der Waals surface area contributed by atoms with E-state index in [1.54, 1.807) is 6.07 Å². The van der Waals surface area contributed by atoms with E-state index in [2.05, 4.69) is 34.7 Å². The van der Waals surface area contributed by atoms with Crippen LogP contribution in [0.4, 0.5) is 24.7 Å². The molecule has 1 aromatic carbocycles. The first-order valence-electron chi connectivity index (χ1n) is 7.92. The molecule has 1 heterocycles. The average Bonchev–Trinajstić information content (AvgIpc) is 2.56. The number of hydrogen-bond donors (Lipinski definition) is 2. The van der Waals surface area contributed by atoms with E-state index >= 15 is 0 Å². The predicted octanol–water partition coefficient (Wildman–Crippen LogP) is 4.86. The minimum Gasteiger partial charge on any atom is -0.369 e. The van der Waals surface area contributed by atoms with E-state index in [9.17, 15) is 18.0 Å². The number of alkyl halides is 3. The number of rotatable bonds is 6. The number of halogens is 4. The first kappa shape index (κ1) is 20.0. The van der Waals surface area contributed by atoms with Crippen molar-refractivity contribution in [2.24, 2.45) is 5.92 Å². The van der Waals surface area contributed by atoms with Gasteiger partial charge in [-0.1, -0.05) is 25.4 Å². The van der Waals surface area contributed by atoms with Crippen molar-refractivity contribution in [3.8, 4) is 0 Å². The second-order valence-corrected chi connectivity index (χ2v) is 6.49. The van der Waals surface area contributed by atoms with Crippen LogP contribution in [0.25, 0.3) is 0 Å². The number of carbonyl (C=O) groups is 1. The Kier molecular flexibility index (Phi) is 6.42. The predicted molar refractivity (Wildman–Crippen MR) is 94.4 cm³/mol. The van der Waals surface area contributed by atoms with Crippen LogP contribution in [0.15, 0.2) is 30.3 Å². The molecule has 2 N–H and O–H groups in total. The van der Waals surface area contributed by atoms with Gasteiger partial charge in [0.15, 0.2) is 5.69 Å². The summed E-state index contributed by atoms with van der Waals surface area (Å²) in [5, 5.41) is 12.8. The number of nitrogens with one attached hydrogen (secondary N) is 2. The molecule has 0 aliphatic carbocycles. The van der Waals surface area contributed by atoms with Gasteiger partial charge in [-0.3, -0.25) is 4.79 Å². The summed E-state index contributed by atoms with van der Waals surface area (Å²) in [4.78, 5) is 12.2. The first-order valence-corrected chi connectivity index (χ1v) is 8.30. The number of anilines is 2. The van der Waals surface area contributed by atoms with Gasteiger partial charge in [0.1, 0.15) is 5.82 Å². The molecule has 1 amide bonds. The normalized spacial score (nSPS) is 11.5. The van der Waals surface area contributed by atoms with E-state index in [4.69, 9.17) is 11.6 Å². The molecule has 5 nitrogen and oxygen atoms in total. The van der Waals surface area contributed by atoms with Crippen molar-refractivity contribution in [1.29, 1.82) is 0 Å². The lowest BCUT2D eigenvalue weighted by Crippen LogP contribution is -2.18. The lowest BCUT2D eigenvalue weighted by Gasteiger charge is -2.14. The maximum atomic E-state index is 13.1. The van der Waals surface area contributed by atoms with Gasteiger partial charge in [-0.15, -0.1) is 10.2 Å². The number of carbonyl (C=O) groups excluding carboxylic acids is 1. The summed E-state index contributed by atoms with van der Waals surface area (Å²) in [6, 6.07) is 6.06. The van der Waals surface area contributed by atoms with Crippen molar-refractivity contribution in [3.63, 3.8) is 0 Å². The van der Waals surface area contributed by atoms with E-state index < -0.39 is 23.3 Å². The van der Waals surface area contributed by atoms with E-state index in [0.717, 1.165) is 18.6 Å². The molecule has 26 heavy (non-hydrogen) atoms. The molecule has 2 rings (SSSR count). The van der Waals surface area contributed by atoms with E-state index in [1.165, 1.54) is 12.1 Å². The van der Waals surface area contributed by atoms with Crippen molar-refractivity contribution < 1.29 is 18.0 Å². The average molecular weight is 387 g/mol. The number of aromatic nitrogens is 2. The molecule has 0 saturated carbocycles.